The Kier molecular flexibility index (Phi) is 3.52. The van der Waals surface area contributed by atoms with Crippen molar-refractivity contribution in [1.29, 1.82) is 0 Å². The van der Waals surface area contributed by atoms with Crippen molar-refractivity contribution < 1.29 is 9.90 Å². The molecule has 0 radical (unpaired) electrons. The van der Waals surface area contributed by atoms with Crippen LogP contribution in [0, 0.1) is 6.92 Å². The number of hydrogen-bond acceptors (Lipinski definition) is 5. The van der Waals surface area contributed by atoms with Crippen LogP contribution in [0.4, 0.5) is 0 Å². The lowest BCUT2D eigenvalue weighted by molar-refractivity contribution is 0.0904. The molecule has 18 heavy (non-hydrogen) atoms. The summed E-state index contributed by atoms with van der Waals surface area (Å²) >= 11 is 0. The van der Waals surface area contributed by atoms with E-state index in [9.17, 15) is 4.79 Å². The number of amides is 1. The molecule has 0 spiro atoms. The molecule has 1 atom stereocenters. The van der Waals surface area contributed by atoms with Crippen LogP contribution in [0.5, 0.6) is 0 Å². The number of nitrogens with one attached hydrogen (secondary N) is 1. The molecule has 7 heteroatoms. The van der Waals surface area contributed by atoms with E-state index in [2.05, 4.69) is 20.4 Å². The fourth-order valence-corrected chi connectivity index (χ4v) is 1.53. The lowest BCUT2D eigenvalue weighted by Gasteiger charge is -2.11. The summed E-state index contributed by atoms with van der Waals surface area (Å²) in [7, 11) is 0. The van der Waals surface area contributed by atoms with Crippen LogP contribution in [0.1, 0.15) is 29.7 Å². The predicted octanol–water partition coefficient (Wildman–Crippen LogP) is -0.0666. The van der Waals surface area contributed by atoms with E-state index < -0.39 is 5.91 Å². The van der Waals surface area contributed by atoms with E-state index in [0.717, 1.165) is 5.69 Å². The highest BCUT2D eigenvalue weighted by Crippen LogP contribution is 2.02. The zero-order valence-corrected chi connectivity index (χ0v) is 10.3. The molecule has 2 heterocycles. The van der Waals surface area contributed by atoms with Gasteiger partial charge >= 0.3 is 0 Å². The number of aromatic nitrogens is 4. The molecule has 0 unspecified atom stereocenters. The summed E-state index contributed by atoms with van der Waals surface area (Å²) in [5.41, 5.74) is 0.848. The summed E-state index contributed by atoms with van der Waals surface area (Å²) < 4.78 is 1.51. The Hall–Kier alpha value is -2.02. The van der Waals surface area contributed by atoms with Gasteiger partial charge in [-0.1, -0.05) is 6.92 Å². The number of fused-ring (bicyclic) bond motifs is 1. The molecule has 2 N–H and O–H groups in total. The summed E-state index contributed by atoms with van der Waals surface area (Å²) in [6.07, 6.45) is 2.26. The van der Waals surface area contributed by atoms with E-state index in [1.165, 1.54) is 4.52 Å². The van der Waals surface area contributed by atoms with Crippen LogP contribution in [0.2, 0.25) is 0 Å². The van der Waals surface area contributed by atoms with Gasteiger partial charge in [0.05, 0.1) is 12.6 Å². The van der Waals surface area contributed by atoms with Crippen LogP contribution < -0.4 is 5.32 Å². The monoisotopic (exact) mass is 249 g/mol. The third-order valence-corrected chi connectivity index (χ3v) is 2.68. The first kappa shape index (κ1) is 12.4. The van der Waals surface area contributed by atoms with Crippen LogP contribution >= 0.6 is 0 Å². The fourth-order valence-electron chi connectivity index (χ4n) is 1.53. The Morgan fingerprint density at radius 2 is 2.39 bits per heavy atom. The Morgan fingerprint density at radius 1 is 1.61 bits per heavy atom. The van der Waals surface area contributed by atoms with E-state index >= 15 is 0 Å². The van der Waals surface area contributed by atoms with Gasteiger partial charge in [0.15, 0.2) is 0 Å². The van der Waals surface area contributed by atoms with Gasteiger partial charge in [-0.25, -0.2) is 9.50 Å². The Labute approximate surface area is 104 Å². The number of hydrogen-bond donors (Lipinski definition) is 2. The molecule has 0 bridgehead atoms. The Morgan fingerprint density at radius 3 is 3.00 bits per heavy atom. The number of rotatable bonds is 4. The Bertz CT molecular complexity index is 562. The van der Waals surface area contributed by atoms with E-state index in [1.807, 2.05) is 13.8 Å². The van der Waals surface area contributed by atoms with Crippen LogP contribution in [-0.4, -0.2) is 43.2 Å². The number of carbonyl (C=O) groups excluding carboxylic acids is 1. The summed E-state index contributed by atoms with van der Waals surface area (Å²) in [4.78, 5) is 19.9. The minimum atomic E-state index is -0.402. The maximum Gasteiger partial charge on any atom is 0.291 e. The zero-order valence-electron chi connectivity index (χ0n) is 10.3. The first-order valence-electron chi connectivity index (χ1n) is 5.75. The smallest absolute Gasteiger partial charge is 0.291 e. The maximum atomic E-state index is 11.9. The lowest BCUT2D eigenvalue weighted by atomic mass is 10.2. The van der Waals surface area contributed by atoms with Crippen molar-refractivity contribution in [2.45, 2.75) is 26.3 Å². The Balaban J connectivity index is 2.26. The molecule has 0 saturated heterocycles. The minimum Gasteiger partial charge on any atom is -0.394 e. The van der Waals surface area contributed by atoms with Crippen molar-refractivity contribution in [3.05, 3.63) is 23.8 Å². The molecule has 0 aliphatic rings. The molecule has 7 nitrogen and oxygen atoms in total. The van der Waals surface area contributed by atoms with Gasteiger partial charge in [-0.3, -0.25) is 4.79 Å². The molecule has 0 aromatic carbocycles. The van der Waals surface area contributed by atoms with Gasteiger partial charge in [0, 0.05) is 11.9 Å². The molecule has 2 rings (SSSR count). The molecule has 0 aliphatic heterocycles. The van der Waals surface area contributed by atoms with Crippen molar-refractivity contribution in [2.75, 3.05) is 6.61 Å². The SMILES string of the molecule is CC[C@H](CO)NC(=O)c1nc2nccc(C)n2n1. The highest BCUT2D eigenvalue weighted by Gasteiger charge is 2.17. The van der Waals surface area contributed by atoms with E-state index in [-0.39, 0.29) is 18.5 Å². The fraction of sp³-hybridized carbons (Fsp3) is 0.455. The summed E-state index contributed by atoms with van der Waals surface area (Å²) in [6, 6.07) is 1.50. The first-order valence-corrected chi connectivity index (χ1v) is 5.75. The number of carbonyl (C=O) groups is 1. The van der Waals surface area contributed by atoms with Crippen LogP contribution in [0.15, 0.2) is 12.3 Å². The highest BCUT2D eigenvalue weighted by molar-refractivity contribution is 5.91. The van der Waals surface area contributed by atoms with E-state index in [0.29, 0.717) is 12.2 Å². The predicted molar refractivity (Wildman–Crippen MR) is 64.2 cm³/mol. The maximum absolute atomic E-state index is 11.9. The normalized spacial score (nSPS) is 12.6. The van der Waals surface area contributed by atoms with Gasteiger partial charge in [0.1, 0.15) is 0 Å². The molecule has 2 aromatic heterocycles. The average Bonchev–Trinajstić information content (AvgIpc) is 2.81. The third kappa shape index (κ3) is 2.30. The van der Waals surface area contributed by atoms with Crippen molar-refractivity contribution in [3.63, 3.8) is 0 Å². The van der Waals surface area contributed by atoms with Crippen molar-refractivity contribution in [2.24, 2.45) is 0 Å². The van der Waals surface area contributed by atoms with E-state index in [4.69, 9.17) is 5.11 Å². The van der Waals surface area contributed by atoms with E-state index in [1.54, 1.807) is 12.3 Å². The van der Waals surface area contributed by atoms with Gasteiger partial charge in [-0.05, 0) is 19.4 Å². The molecule has 2 aromatic rings. The van der Waals surface area contributed by atoms with Crippen molar-refractivity contribution in [3.8, 4) is 0 Å². The third-order valence-electron chi connectivity index (χ3n) is 2.68. The topological polar surface area (TPSA) is 92.4 Å². The van der Waals surface area contributed by atoms with Gasteiger partial charge in [0.2, 0.25) is 5.82 Å². The molecule has 0 fully saturated rings. The summed E-state index contributed by atoms with van der Waals surface area (Å²) in [5, 5.41) is 15.8. The highest BCUT2D eigenvalue weighted by atomic mass is 16.3. The molecular weight excluding hydrogens is 234 g/mol. The summed E-state index contributed by atoms with van der Waals surface area (Å²) in [5.74, 6) is 0.0432. The lowest BCUT2D eigenvalue weighted by Crippen LogP contribution is -2.37. The standard InChI is InChI=1S/C11H15N5O2/c1-3-8(6-17)13-10(18)9-14-11-12-5-4-7(2)16(11)15-9/h4-5,8,17H,3,6H2,1-2H3,(H,13,18)/t8-/m1/s1. The van der Waals surface area contributed by atoms with Crippen LogP contribution in [0.25, 0.3) is 5.78 Å². The zero-order chi connectivity index (χ0) is 13.1. The summed E-state index contributed by atoms with van der Waals surface area (Å²) in [6.45, 7) is 3.63. The quantitative estimate of drug-likeness (QED) is 0.791. The number of nitrogens with zero attached hydrogens (tertiary/aromatic N) is 4. The number of aliphatic hydroxyl groups excluding tert-OH is 1. The van der Waals surface area contributed by atoms with Crippen molar-refractivity contribution >= 4 is 11.7 Å². The van der Waals surface area contributed by atoms with Gasteiger partial charge in [0.25, 0.3) is 11.7 Å². The van der Waals surface area contributed by atoms with Crippen LogP contribution in [-0.2, 0) is 0 Å². The molecule has 1 amide bonds. The first-order chi connectivity index (χ1) is 8.65. The molecule has 96 valence electrons. The number of aryl methyl sites for hydroxylation is 1. The molecular formula is C11H15N5O2. The van der Waals surface area contributed by atoms with Crippen molar-refractivity contribution in [1.82, 2.24) is 24.9 Å². The van der Waals surface area contributed by atoms with Crippen LogP contribution in [0.3, 0.4) is 0 Å². The second kappa shape index (κ2) is 5.09. The molecule has 0 saturated carbocycles. The van der Waals surface area contributed by atoms with Gasteiger partial charge in [-0.2, -0.15) is 4.98 Å². The molecule has 0 aliphatic carbocycles. The van der Waals surface area contributed by atoms with Gasteiger partial charge in [-0.15, -0.1) is 5.10 Å². The number of aliphatic hydroxyl groups is 1. The van der Waals surface area contributed by atoms with Gasteiger partial charge < -0.3 is 10.4 Å². The second-order valence-electron chi connectivity index (χ2n) is 3.99. The minimum absolute atomic E-state index is 0.0590. The largest absolute Gasteiger partial charge is 0.394 e. The second-order valence-corrected chi connectivity index (χ2v) is 3.99. The average molecular weight is 249 g/mol.